The summed E-state index contributed by atoms with van der Waals surface area (Å²) in [6, 6.07) is 0. The molecule has 1 aromatic heterocycles. The molecule has 1 saturated heterocycles. The molecular weight excluding hydrogens is 168 g/mol. The van der Waals surface area contributed by atoms with Gasteiger partial charge in [-0.15, -0.1) is 0 Å². The Hall–Kier alpha value is -0.870. The Bertz CT molecular complexity index is 266. The van der Waals surface area contributed by atoms with Gasteiger partial charge in [-0.1, -0.05) is 0 Å². The summed E-state index contributed by atoms with van der Waals surface area (Å²) in [5.74, 6) is 1.41. The quantitative estimate of drug-likeness (QED) is 0.750. The van der Waals surface area contributed by atoms with Crippen molar-refractivity contribution in [2.24, 2.45) is 5.73 Å². The normalized spacial score (nSPS) is 23.3. The second kappa shape index (κ2) is 3.89. The third-order valence-electron chi connectivity index (χ3n) is 2.24. The third-order valence-corrected chi connectivity index (χ3v) is 2.24. The van der Waals surface area contributed by atoms with E-state index in [1.165, 1.54) is 6.42 Å². The lowest BCUT2D eigenvalue weighted by Gasteiger charge is -2.19. The maximum absolute atomic E-state index is 5.55. The average molecular weight is 182 g/mol. The molecule has 2 heterocycles. The third kappa shape index (κ3) is 1.89. The number of hydrogen-bond donors (Lipinski definition) is 1. The molecule has 2 rings (SSSR count). The van der Waals surface area contributed by atoms with Crippen molar-refractivity contribution in [2.75, 3.05) is 6.61 Å². The largest absolute Gasteiger partial charge is 0.442 e. The van der Waals surface area contributed by atoms with E-state index < -0.39 is 0 Å². The van der Waals surface area contributed by atoms with Crippen LogP contribution in [-0.4, -0.2) is 11.6 Å². The zero-order valence-corrected chi connectivity index (χ0v) is 7.53. The van der Waals surface area contributed by atoms with E-state index in [1.807, 2.05) is 0 Å². The lowest BCUT2D eigenvalue weighted by Crippen LogP contribution is -2.10. The van der Waals surface area contributed by atoms with E-state index in [-0.39, 0.29) is 6.10 Å². The summed E-state index contributed by atoms with van der Waals surface area (Å²) < 4.78 is 11.0. The van der Waals surface area contributed by atoms with Gasteiger partial charge in [-0.3, -0.25) is 0 Å². The molecule has 0 saturated carbocycles. The van der Waals surface area contributed by atoms with Crippen molar-refractivity contribution < 1.29 is 9.15 Å². The predicted octanol–water partition coefficient (Wildman–Crippen LogP) is 1.37. The predicted molar refractivity (Wildman–Crippen MR) is 46.9 cm³/mol. The number of aromatic nitrogens is 1. The molecule has 0 amide bonds. The molecular formula is C9H14N2O2. The van der Waals surface area contributed by atoms with E-state index in [2.05, 4.69) is 4.98 Å². The maximum Gasteiger partial charge on any atom is 0.208 e. The van der Waals surface area contributed by atoms with Gasteiger partial charge in [-0.2, -0.15) is 0 Å². The van der Waals surface area contributed by atoms with Crippen molar-refractivity contribution in [1.82, 2.24) is 4.98 Å². The fourth-order valence-electron chi connectivity index (χ4n) is 1.53. The second-order valence-electron chi connectivity index (χ2n) is 3.22. The molecule has 1 aliphatic heterocycles. The van der Waals surface area contributed by atoms with Gasteiger partial charge in [-0.25, -0.2) is 4.98 Å². The molecule has 1 fully saturated rings. The molecule has 0 aromatic carbocycles. The highest BCUT2D eigenvalue weighted by Crippen LogP contribution is 2.27. The monoisotopic (exact) mass is 182 g/mol. The van der Waals surface area contributed by atoms with E-state index in [0.717, 1.165) is 25.2 Å². The van der Waals surface area contributed by atoms with Gasteiger partial charge in [0, 0.05) is 6.61 Å². The summed E-state index contributed by atoms with van der Waals surface area (Å²) in [5.41, 5.74) is 5.40. The zero-order chi connectivity index (χ0) is 9.10. The first-order valence-corrected chi connectivity index (χ1v) is 4.66. The van der Waals surface area contributed by atoms with Gasteiger partial charge in [0.2, 0.25) is 5.89 Å². The topological polar surface area (TPSA) is 61.3 Å². The molecule has 1 atom stereocenters. The Morgan fingerprint density at radius 3 is 3.08 bits per heavy atom. The number of rotatable bonds is 2. The van der Waals surface area contributed by atoms with Gasteiger partial charge >= 0.3 is 0 Å². The van der Waals surface area contributed by atoms with Gasteiger partial charge in [0.1, 0.15) is 6.10 Å². The van der Waals surface area contributed by atoms with Crippen LogP contribution < -0.4 is 5.73 Å². The van der Waals surface area contributed by atoms with E-state index in [4.69, 9.17) is 14.9 Å². The van der Waals surface area contributed by atoms with Crippen LogP contribution in [0.2, 0.25) is 0 Å². The zero-order valence-electron chi connectivity index (χ0n) is 7.53. The molecule has 0 bridgehead atoms. The lowest BCUT2D eigenvalue weighted by molar-refractivity contribution is 0.00129. The molecule has 0 spiro atoms. The highest BCUT2D eigenvalue weighted by Gasteiger charge is 2.19. The van der Waals surface area contributed by atoms with Crippen LogP contribution in [0.25, 0.3) is 0 Å². The van der Waals surface area contributed by atoms with Crippen LogP contribution in [0, 0.1) is 0 Å². The van der Waals surface area contributed by atoms with Crippen LogP contribution in [0.1, 0.15) is 37.0 Å². The molecule has 1 unspecified atom stereocenters. The molecule has 4 heteroatoms. The minimum atomic E-state index is 0.0987. The van der Waals surface area contributed by atoms with Crippen LogP contribution in [0.5, 0.6) is 0 Å². The second-order valence-corrected chi connectivity index (χ2v) is 3.22. The summed E-state index contributed by atoms with van der Waals surface area (Å²) in [4.78, 5) is 4.04. The van der Waals surface area contributed by atoms with Crippen molar-refractivity contribution in [3.8, 4) is 0 Å². The van der Waals surface area contributed by atoms with Crippen molar-refractivity contribution in [1.29, 1.82) is 0 Å². The Kier molecular flexibility index (Phi) is 2.61. The maximum atomic E-state index is 5.55. The molecule has 1 aromatic rings. The van der Waals surface area contributed by atoms with E-state index >= 15 is 0 Å². The lowest BCUT2D eigenvalue weighted by atomic mass is 10.1. The van der Waals surface area contributed by atoms with E-state index in [0.29, 0.717) is 12.4 Å². The summed E-state index contributed by atoms with van der Waals surface area (Å²) in [5, 5.41) is 0. The Morgan fingerprint density at radius 1 is 1.54 bits per heavy atom. The molecule has 2 N–H and O–H groups in total. The standard InChI is InChI=1S/C9H14N2O2/c10-5-9-11-6-8(13-9)7-3-1-2-4-12-7/h6-7H,1-5,10H2. The van der Waals surface area contributed by atoms with Crippen molar-refractivity contribution in [2.45, 2.75) is 31.9 Å². The minimum absolute atomic E-state index is 0.0987. The fourth-order valence-corrected chi connectivity index (χ4v) is 1.53. The molecule has 4 nitrogen and oxygen atoms in total. The highest BCUT2D eigenvalue weighted by atomic mass is 16.5. The minimum Gasteiger partial charge on any atom is -0.442 e. The Balaban J connectivity index is 2.05. The molecule has 0 aliphatic carbocycles. The first-order chi connectivity index (χ1) is 6.40. The molecule has 1 aliphatic rings. The number of nitrogens with two attached hydrogens (primary N) is 1. The van der Waals surface area contributed by atoms with Crippen LogP contribution in [0.3, 0.4) is 0 Å². The van der Waals surface area contributed by atoms with Crippen LogP contribution in [0.4, 0.5) is 0 Å². The molecule has 13 heavy (non-hydrogen) atoms. The van der Waals surface area contributed by atoms with Crippen LogP contribution in [-0.2, 0) is 11.3 Å². The summed E-state index contributed by atoms with van der Waals surface area (Å²) in [6.45, 7) is 1.18. The number of oxazole rings is 1. The van der Waals surface area contributed by atoms with Gasteiger partial charge in [0.15, 0.2) is 5.76 Å². The first-order valence-electron chi connectivity index (χ1n) is 4.66. The summed E-state index contributed by atoms with van der Waals surface area (Å²) >= 11 is 0. The Morgan fingerprint density at radius 2 is 2.46 bits per heavy atom. The van der Waals surface area contributed by atoms with Crippen LogP contribution >= 0.6 is 0 Å². The van der Waals surface area contributed by atoms with E-state index in [9.17, 15) is 0 Å². The number of ether oxygens (including phenoxy) is 1. The van der Waals surface area contributed by atoms with Crippen LogP contribution in [0.15, 0.2) is 10.6 Å². The average Bonchev–Trinajstić information content (AvgIpc) is 2.67. The number of nitrogens with zero attached hydrogens (tertiary/aromatic N) is 1. The Labute approximate surface area is 77.1 Å². The smallest absolute Gasteiger partial charge is 0.208 e. The number of hydrogen-bond acceptors (Lipinski definition) is 4. The van der Waals surface area contributed by atoms with Crippen molar-refractivity contribution >= 4 is 0 Å². The summed E-state index contributed by atoms with van der Waals surface area (Å²) in [6.07, 6.45) is 5.19. The SMILES string of the molecule is NCc1ncc(C2CCCCO2)o1. The fraction of sp³-hybridized carbons (Fsp3) is 0.667. The molecule has 72 valence electrons. The highest BCUT2D eigenvalue weighted by molar-refractivity contribution is 4.99. The van der Waals surface area contributed by atoms with E-state index in [1.54, 1.807) is 6.20 Å². The van der Waals surface area contributed by atoms with Gasteiger partial charge < -0.3 is 14.9 Å². The van der Waals surface area contributed by atoms with Crippen molar-refractivity contribution in [3.63, 3.8) is 0 Å². The summed E-state index contributed by atoms with van der Waals surface area (Å²) in [7, 11) is 0. The van der Waals surface area contributed by atoms with Crippen molar-refractivity contribution in [3.05, 3.63) is 17.8 Å². The van der Waals surface area contributed by atoms with Gasteiger partial charge in [-0.05, 0) is 19.3 Å². The van der Waals surface area contributed by atoms with Gasteiger partial charge in [0.25, 0.3) is 0 Å². The van der Waals surface area contributed by atoms with Gasteiger partial charge in [0.05, 0.1) is 12.7 Å². The molecule has 0 radical (unpaired) electrons. The first kappa shape index (κ1) is 8.72.